The molecule has 0 aromatic heterocycles. The quantitative estimate of drug-likeness (QED) is 0.0747. The second kappa shape index (κ2) is 26.8. The molecule has 0 unspecified atom stereocenters. The van der Waals surface area contributed by atoms with E-state index in [2.05, 4.69) is 97.9 Å². The zero-order valence-corrected chi connectivity index (χ0v) is 35.0. The average molecular weight is 717 g/mol. The third-order valence-corrected chi connectivity index (χ3v) is 10.5. The summed E-state index contributed by atoms with van der Waals surface area (Å²) in [7, 11) is -3.72. The van der Waals surface area contributed by atoms with Crippen molar-refractivity contribution in [2.24, 2.45) is 0 Å². The van der Waals surface area contributed by atoms with Crippen LogP contribution in [0.25, 0.3) is 0 Å². The fraction of sp³-hybridized carbons (Fsp3) is 0.532. The molecule has 4 heteroatoms. The highest BCUT2D eigenvalue weighted by Gasteiger charge is 2.13. The van der Waals surface area contributed by atoms with Crippen molar-refractivity contribution < 1.29 is 12.6 Å². The lowest BCUT2D eigenvalue weighted by molar-refractivity contribution is 0.356. The summed E-state index contributed by atoms with van der Waals surface area (Å²) >= 11 is 0. The molecule has 0 aliphatic carbocycles. The highest BCUT2D eigenvalue weighted by atomic mass is 32.2. The second-order valence-electron chi connectivity index (χ2n) is 15.0. The number of rotatable bonds is 25. The smallest absolute Gasteiger partial charge is 0.262 e. The molecule has 51 heavy (non-hydrogen) atoms. The Balaban J connectivity index is 2.26. The Kier molecular flexibility index (Phi) is 24.2. The third kappa shape index (κ3) is 24.8. The molecule has 0 bridgehead atoms. The molecule has 0 saturated carbocycles. The Bertz CT molecular complexity index is 1520. The van der Waals surface area contributed by atoms with Gasteiger partial charge in [0.2, 0.25) is 0 Å². The lowest BCUT2D eigenvalue weighted by atomic mass is 10.0. The van der Waals surface area contributed by atoms with E-state index < -0.39 is 10.1 Å². The van der Waals surface area contributed by atoms with E-state index >= 15 is 0 Å². The average Bonchev–Trinajstić information content (AvgIpc) is 3.04. The van der Waals surface area contributed by atoms with Gasteiger partial charge in [-0.05, 0) is 171 Å². The molecular weight excluding hydrogens is 645 g/mol. The molecule has 0 fully saturated rings. The molecule has 0 saturated heterocycles. The first-order chi connectivity index (χ1) is 24.2. The minimum atomic E-state index is -3.72. The first-order valence-electron chi connectivity index (χ1n) is 19.4. The maximum atomic E-state index is 12.3. The molecule has 1 aromatic carbocycles. The molecule has 0 N–H and O–H groups in total. The molecule has 0 amide bonds. The van der Waals surface area contributed by atoms with Crippen LogP contribution in [0.2, 0.25) is 0 Å². The van der Waals surface area contributed by atoms with Gasteiger partial charge in [-0.3, -0.25) is 4.18 Å². The van der Waals surface area contributed by atoms with Crippen molar-refractivity contribution >= 4 is 10.1 Å². The predicted molar refractivity (Wildman–Crippen MR) is 225 cm³/mol. The summed E-state index contributed by atoms with van der Waals surface area (Å²) in [5.41, 5.74) is 12.5. The Morgan fingerprint density at radius 1 is 0.451 bits per heavy atom. The van der Waals surface area contributed by atoms with Crippen molar-refractivity contribution in [1.82, 2.24) is 0 Å². The van der Waals surface area contributed by atoms with Crippen LogP contribution in [-0.2, 0) is 14.3 Å². The van der Waals surface area contributed by atoms with Crippen molar-refractivity contribution in [1.29, 1.82) is 0 Å². The van der Waals surface area contributed by atoms with Crippen LogP contribution in [0.4, 0.5) is 0 Å². The number of benzene rings is 1. The minimum absolute atomic E-state index is 0.0642. The standard InChI is InChI=1S/C47H72O3S/c1-38(2)18-11-19-39(3)20-12-21-40(4)22-13-23-41(5)24-14-25-42(6)26-15-27-43(7)28-16-29-44(8)30-17-31-45(9)36-37-50-51(48,49)47-34-32-46(10)33-35-47/h18,20,22,24,26,28,30,32-36H,11-17,19,21,23,25,27,29,31,37H2,1-10H3/b39-20?,40-22?,41-24?,42-26?,43-28?,44-30?,45-36+. The summed E-state index contributed by atoms with van der Waals surface area (Å²) in [5, 5.41) is 0. The molecule has 0 radical (unpaired) electrons. The molecule has 0 aliphatic heterocycles. The van der Waals surface area contributed by atoms with Crippen molar-refractivity contribution in [3.05, 3.63) is 123 Å². The van der Waals surface area contributed by atoms with Gasteiger partial charge in [0.05, 0.1) is 11.5 Å². The van der Waals surface area contributed by atoms with Crippen LogP contribution in [0, 0.1) is 6.92 Å². The van der Waals surface area contributed by atoms with E-state index in [-0.39, 0.29) is 11.5 Å². The van der Waals surface area contributed by atoms with E-state index in [1.54, 1.807) is 24.3 Å². The van der Waals surface area contributed by atoms with E-state index in [1.165, 1.54) is 51.9 Å². The summed E-state index contributed by atoms with van der Waals surface area (Å²) < 4.78 is 29.9. The summed E-state index contributed by atoms with van der Waals surface area (Å²) in [6.45, 7) is 21.9. The first kappa shape index (κ1) is 46.1. The van der Waals surface area contributed by atoms with Gasteiger partial charge in [-0.2, -0.15) is 8.42 Å². The van der Waals surface area contributed by atoms with Gasteiger partial charge in [-0.1, -0.05) is 111 Å². The highest BCUT2D eigenvalue weighted by Crippen LogP contribution is 2.18. The van der Waals surface area contributed by atoms with Crippen LogP contribution >= 0.6 is 0 Å². The summed E-state index contributed by atoms with van der Waals surface area (Å²) in [4.78, 5) is 0.197. The molecule has 0 heterocycles. The van der Waals surface area contributed by atoms with Gasteiger partial charge in [-0.25, -0.2) is 0 Å². The van der Waals surface area contributed by atoms with Gasteiger partial charge in [0.1, 0.15) is 0 Å². The second-order valence-corrected chi connectivity index (χ2v) is 16.6. The predicted octanol–water partition coefficient (Wildman–Crippen LogP) is 14.8. The van der Waals surface area contributed by atoms with E-state index in [9.17, 15) is 8.42 Å². The van der Waals surface area contributed by atoms with E-state index in [0.717, 1.165) is 88.2 Å². The van der Waals surface area contributed by atoms with Crippen LogP contribution in [0.1, 0.15) is 158 Å². The summed E-state index contributed by atoms with van der Waals surface area (Å²) in [6, 6.07) is 6.73. The molecule has 1 aromatic rings. The third-order valence-electron chi connectivity index (χ3n) is 9.24. The Labute approximate surface area is 315 Å². The van der Waals surface area contributed by atoms with Crippen molar-refractivity contribution in [3.8, 4) is 0 Å². The van der Waals surface area contributed by atoms with Gasteiger partial charge in [0.25, 0.3) is 10.1 Å². The van der Waals surface area contributed by atoms with Crippen LogP contribution in [-0.4, -0.2) is 15.0 Å². The molecule has 0 atom stereocenters. The van der Waals surface area contributed by atoms with Crippen molar-refractivity contribution in [2.75, 3.05) is 6.61 Å². The minimum Gasteiger partial charge on any atom is -0.262 e. The van der Waals surface area contributed by atoms with E-state index in [4.69, 9.17) is 4.18 Å². The Hall–Kier alpha value is -2.95. The molecule has 0 aliphatic rings. The highest BCUT2D eigenvalue weighted by molar-refractivity contribution is 7.86. The monoisotopic (exact) mass is 717 g/mol. The van der Waals surface area contributed by atoms with Crippen molar-refractivity contribution in [3.63, 3.8) is 0 Å². The summed E-state index contributed by atoms with van der Waals surface area (Å²) in [5.74, 6) is 0. The normalized spacial score (nSPS) is 14.4. The van der Waals surface area contributed by atoms with Gasteiger partial charge >= 0.3 is 0 Å². The van der Waals surface area contributed by atoms with Gasteiger partial charge in [0.15, 0.2) is 0 Å². The largest absolute Gasteiger partial charge is 0.297 e. The zero-order valence-electron chi connectivity index (χ0n) is 34.2. The van der Waals surface area contributed by atoms with Gasteiger partial charge < -0.3 is 0 Å². The molecule has 0 spiro atoms. The van der Waals surface area contributed by atoms with E-state index in [0.29, 0.717) is 0 Å². The van der Waals surface area contributed by atoms with Crippen LogP contribution in [0.5, 0.6) is 0 Å². The fourth-order valence-electron chi connectivity index (χ4n) is 5.62. The summed E-state index contributed by atoms with van der Waals surface area (Å²) in [6.07, 6.45) is 34.1. The zero-order chi connectivity index (χ0) is 38.1. The SMILES string of the molecule is CC(C)=CCCC(C)=CCCC(C)=CCCC(C)=CCCC(C)=CCCC(C)=CCCC(C)=CCC/C(C)=C/COS(=O)(=O)c1ccc(C)cc1. The lowest BCUT2D eigenvalue weighted by Crippen LogP contribution is -2.06. The van der Waals surface area contributed by atoms with Gasteiger partial charge in [-0.15, -0.1) is 0 Å². The number of aryl methyl sites for hydroxylation is 1. The fourth-order valence-corrected chi connectivity index (χ4v) is 6.47. The number of hydrogen-bond donors (Lipinski definition) is 0. The lowest BCUT2D eigenvalue weighted by Gasteiger charge is -2.05. The maximum absolute atomic E-state index is 12.3. The van der Waals surface area contributed by atoms with Gasteiger partial charge in [0, 0.05) is 0 Å². The molecule has 284 valence electrons. The van der Waals surface area contributed by atoms with Crippen LogP contribution in [0.3, 0.4) is 0 Å². The van der Waals surface area contributed by atoms with Crippen molar-refractivity contribution in [2.45, 2.75) is 164 Å². The molecule has 3 nitrogen and oxygen atoms in total. The topological polar surface area (TPSA) is 43.4 Å². The maximum Gasteiger partial charge on any atom is 0.297 e. The number of allylic oxidation sites excluding steroid dienone is 15. The first-order valence-corrected chi connectivity index (χ1v) is 20.8. The number of hydrogen-bond acceptors (Lipinski definition) is 3. The molecule has 1 rings (SSSR count). The van der Waals surface area contributed by atoms with Crippen LogP contribution < -0.4 is 0 Å². The van der Waals surface area contributed by atoms with Crippen LogP contribution in [0.15, 0.2) is 122 Å². The Morgan fingerprint density at radius 3 is 1.02 bits per heavy atom. The molecular formula is C47H72O3S. The Morgan fingerprint density at radius 2 is 0.725 bits per heavy atom. The van der Waals surface area contributed by atoms with E-state index in [1.807, 2.05) is 19.9 Å².